The summed E-state index contributed by atoms with van der Waals surface area (Å²) in [6.07, 6.45) is -0.189. The first-order valence-electron chi connectivity index (χ1n) is 5.21. The Balaban J connectivity index is 3.75. The van der Waals surface area contributed by atoms with Gasteiger partial charge in [0.1, 0.15) is 6.10 Å². The molecular formula is C11H19NO3. The first-order valence-corrected chi connectivity index (χ1v) is 5.21. The number of esters is 1. The standard InChI is InChI=1S/C11H19NO3/c1-8(2)7-15-11(14)9(3)4-5-10(13)6-12/h8-10,13H,4-5,7H2,1-3H3/t9-,10?/m0/s1. The molecule has 0 bridgehead atoms. The Hall–Kier alpha value is -1.08. The van der Waals surface area contributed by atoms with E-state index in [1.807, 2.05) is 13.8 Å². The van der Waals surface area contributed by atoms with Gasteiger partial charge in [0.2, 0.25) is 0 Å². The molecule has 2 atom stereocenters. The minimum Gasteiger partial charge on any atom is -0.465 e. The summed E-state index contributed by atoms with van der Waals surface area (Å²) in [6, 6.07) is 1.71. The molecule has 0 amide bonds. The molecule has 1 N–H and O–H groups in total. The SMILES string of the molecule is CC(C)COC(=O)[C@@H](C)CCC(O)C#N. The van der Waals surface area contributed by atoms with Crippen molar-refractivity contribution in [3.05, 3.63) is 0 Å². The largest absolute Gasteiger partial charge is 0.465 e. The zero-order valence-corrected chi connectivity index (χ0v) is 9.56. The van der Waals surface area contributed by atoms with Crippen molar-refractivity contribution in [2.75, 3.05) is 6.61 Å². The molecule has 4 nitrogen and oxygen atoms in total. The second kappa shape index (κ2) is 7.24. The normalized spacial score (nSPS) is 14.4. The number of nitrogens with zero attached hydrogens (tertiary/aromatic N) is 1. The highest BCUT2D eigenvalue weighted by molar-refractivity contribution is 5.71. The van der Waals surface area contributed by atoms with Crippen molar-refractivity contribution in [3.8, 4) is 6.07 Å². The lowest BCUT2D eigenvalue weighted by atomic mass is 10.0. The first kappa shape index (κ1) is 13.9. The van der Waals surface area contributed by atoms with Gasteiger partial charge in [0.05, 0.1) is 18.6 Å². The third-order valence-corrected chi connectivity index (χ3v) is 1.98. The highest BCUT2D eigenvalue weighted by Crippen LogP contribution is 2.10. The van der Waals surface area contributed by atoms with E-state index in [1.165, 1.54) is 0 Å². The van der Waals surface area contributed by atoms with E-state index in [9.17, 15) is 4.79 Å². The molecule has 1 unspecified atom stereocenters. The van der Waals surface area contributed by atoms with Gasteiger partial charge in [-0.05, 0) is 18.8 Å². The molecule has 0 saturated carbocycles. The lowest BCUT2D eigenvalue weighted by molar-refractivity contribution is -0.149. The van der Waals surface area contributed by atoms with E-state index in [1.54, 1.807) is 13.0 Å². The zero-order chi connectivity index (χ0) is 11.8. The van der Waals surface area contributed by atoms with Crippen LogP contribution in [-0.4, -0.2) is 23.8 Å². The molecule has 0 aromatic carbocycles. The average Bonchev–Trinajstić information content (AvgIpc) is 2.21. The summed E-state index contributed by atoms with van der Waals surface area (Å²) in [4.78, 5) is 11.4. The van der Waals surface area contributed by atoms with Gasteiger partial charge in [0.15, 0.2) is 0 Å². The number of aliphatic hydroxyl groups excluding tert-OH is 1. The van der Waals surface area contributed by atoms with Crippen molar-refractivity contribution < 1.29 is 14.6 Å². The fourth-order valence-corrected chi connectivity index (χ4v) is 0.981. The van der Waals surface area contributed by atoms with Crippen LogP contribution in [0, 0.1) is 23.2 Å². The van der Waals surface area contributed by atoms with Gasteiger partial charge in [-0.3, -0.25) is 4.79 Å². The summed E-state index contributed by atoms with van der Waals surface area (Å²) < 4.78 is 5.03. The van der Waals surface area contributed by atoms with Crippen LogP contribution in [0.4, 0.5) is 0 Å². The van der Waals surface area contributed by atoms with Crippen LogP contribution in [0.15, 0.2) is 0 Å². The van der Waals surface area contributed by atoms with Crippen LogP contribution >= 0.6 is 0 Å². The van der Waals surface area contributed by atoms with E-state index >= 15 is 0 Å². The van der Waals surface area contributed by atoms with Gasteiger partial charge < -0.3 is 9.84 Å². The number of nitriles is 1. The van der Waals surface area contributed by atoms with Crippen LogP contribution in [-0.2, 0) is 9.53 Å². The maximum atomic E-state index is 11.4. The number of aliphatic hydroxyl groups is 1. The predicted molar refractivity (Wildman–Crippen MR) is 55.8 cm³/mol. The highest BCUT2D eigenvalue weighted by Gasteiger charge is 2.16. The fraction of sp³-hybridized carbons (Fsp3) is 0.818. The monoisotopic (exact) mass is 213 g/mol. The highest BCUT2D eigenvalue weighted by atomic mass is 16.5. The predicted octanol–water partition coefficient (Wildman–Crippen LogP) is 1.49. The smallest absolute Gasteiger partial charge is 0.308 e. The Morgan fingerprint density at radius 1 is 1.40 bits per heavy atom. The number of carbonyl (C=O) groups excluding carboxylic acids is 1. The van der Waals surface area contributed by atoms with Crippen LogP contribution in [0.2, 0.25) is 0 Å². The van der Waals surface area contributed by atoms with Gasteiger partial charge in [-0.1, -0.05) is 20.8 Å². The minimum absolute atomic E-state index is 0.256. The van der Waals surface area contributed by atoms with Gasteiger partial charge >= 0.3 is 5.97 Å². The lowest BCUT2D eigenvalue weighted by Gasteiger charge is -2.12. The first-order chi connectivity index (χ1) is 6.97. The maximum absolute atomic E-state index is 11.4. The van der Waals surface area contributed by atoms with Crippen LogP contribution in [0.5, 0.6) is 0 Å². The van der Waals surface area contributed by atoms with Crippen molar-refractivity contribution in [3.63, 3.8) is 0 Å². The second-order valence-electron chi connectivity index (χ2n) is 4.15. The molecule has 0 aliphatic rings. The van der Waals surface area contributed by atoms with E-state index in [2.05, 4.69) is 0 Å². The van der Waals surface area contributed by atoms with Crippen molar-refractivity contribution in [1.29, 1.82) is 5.26 Å². The zero-order valence-electron chi connectivity index (χ0n) is 9.56. The molecule has 0 aliphatic carbocycles. The Morgan fingerprint density at radius 3 is 2.47 bits per heavy atom. The Labute approximate surface area is 90.9 Å². The van der Waals surface area contributed by atoms with Crippen LogP contribution in [0.3, 0.4) is 0 Å². The third-order valence-electron chi connectivity index (χ3n) is 1.98. The summed E-state index contributed by atoms with van der Waals surface area (Å²) in [5, 5.41) is 17.3. The second-order valence-corrected chi connectivity index (χ2v) is 4.15. The number of ether oxygens (including phenoxy) is 1. The van der Waals surface area contributed by atoms with Gasteiger partial charge in [0.25, 0.3) is 0 Å². The van der Waals surface area contributed by atoms with Gasteiger partial charge in [-0.15, -0.1) is 0 Å². The van der Waals surface area contributed by atoms with Crippen molar-refractivity contribution in [2.24, 2.45) is 11.8 Å². The summed E-state index contributed by atoms with van der Waals surface area (Å²) in [5.74, 6) is -0.188. The molecule has 0 heterocycles. The Bertz CT molecular complexity index is 232. The van der Waals surface area contributed by atoms with E-state index in [-0.39, 0.29) is 11.9 Å². The third kappa shape index (κ3) is 6.92. The number of carbonyl (C=O) groups is 1. The molecule has 0 aliphatic heterocycles. The molecule has 0 aromatic heterocycles. The van der Waals surface area contributed by atoms with Gasteiger partial charge in [0, 0.05) is 0 Å². The molecule has 0 saturated heterocycles. The van der Waals surface area contributed by atoms with Crippen molar-refractivity contribution >= 4 is 5.97 Å². The molecule has 0 spiro atoms. The van der Waals surface area contributed by atoms with E-state index in [0.29, 0.717) is 25.4 Å². The van der Waals surface area contributed by atoms with Crippen LogP contribution < -0.4 is 0 Å². The molecule has 0 rings (SSSR count). The maximum Gasteiger partial charge on any atom is 0.308 e. The van der Waals surface area contributed by atoms with E-state index < -0.39 is 6.10 Å². The molecule has 4 heteroatoms. The topological polar surface area (TPSA) is 70.3 Å². The van der Waals surface area contributed by atoms with E-state index in [4.69, 9.17) is 15.1 Å². The van der Waals surface area contributed by atoms with Crippen molar-refractivity contribution in [1.82, 2.24) is 0 Å². The molecule has 0 fully saturated rings. The fourth-order valence-electron chi connectivity index (χ4n) is 0.981. The molecule has 15 heavy (non-hydrogen) atoms. The molecule has 0 radical (unpaired) electrons. The van der Waals surface area contributed by atoms with Crippen LogP contribution in [0.1, 0.15) is 33.6 Å². The van der Waals surface area contributed by atoms with Gasteiger partial charge in [-0.2, -0.15) is 5.26 Å². The minimum atomic E-state index is -0.981. The summed E-state index contributed by atoms with van der Waals surface area (Å²) in [5.41, 5.74) is 0. The molecule has 0 aromatic rings. The molecule has 86 valence electrons. The summed E-state index contributed by atoms with van der Waals surface area (Å²) in [6.45, 7) is 6.10. The Kier molecular flexibility index (Phi) is 6.72. The Morgan fingerprint density at radius 2 is 2.00 bits per heavy atom. The number of hydrogen-bond donors (Lipinski definition) is 1. The summed E-state index contributed by atoms with van der Waals surface area (Å²) in [7, 11) is 0. The lowest BCUT2D eigenvalue weighted by Crippen LogP contribution is -2.19. The number of hydrogen-bond acceptors (Lipinski definition) is 4. The van der Waals surface area contributed by atoms with E-state index in [0.717, 1.165) is 0 Å². The van der Waals surface area contributed by atoms with Gasteiger partial charge in [-0.25, -0.2) is 0 Å². The summed E-state index contributed by atoms with van der Waals surface area (Å²) >= 11 is 0. The quantitative estimate of drug-likeness (QED) is 0.536. The average molecular weight is 213 g/mol. The van der Waals surface area contributed by atoms with Crippen molar-refractivity contribution in [2.45, 2.75) is 39.7 Å². The number of rotatable bonds is 6. The van der Waals surface area contributed by atoms with Crippen LogP contribution in [0.25, 0.3) is 0 Å². The molecular weight excluding hydrogens is 194 g/mol.